The van der Waals surface area contributed by atoms with Crippen LogP contribution in [0.4, 0.5) is 5.69 Å². The number of halogens is 1. The summed E-state index contributed by atoms with van der Waals surface area (Å²) < 4.78 is 7.63. The molecule has 0 aliphatic rings. The van der Waals surface area contributed by atoms with E-state index in [1.54, 1.807) is 0 Å². The van der Waals surface area contributed by atoms with E-state index in [4.69, 9.17) is 16.3 Å². The smallest absolute Gasteiger partial charge is 0.242 e. The summed E-state index contributed by atoms with van der Waals surface area (Å²) in [7, 11) is 0. The zero-order chi connectivity index (χ0) is 25.5. The predicted octanol–water partition coefficient (Wildman–Crippen LogP) is 6.72. The molecule has 1 atom stereocenters. The van der Waals surface area contributed by atoms with Gasteiger partial charge in [-0.15, -0.1) is 10.2 Å². The van der Waals surface area contributed by atoms with E-state index in [0.717, 1.165) is 27.9 Å². The third-order valence-electron chi connectivity index (χ3n) is 5.70. The van der Waals surface area contributed by atoms with Crippen LogP contribution in [0, 0.1) is 13.8 Å². The number of thioether (sulfide) groups is 1. The van der Waals surface area contributed by atoms with E-state index in [1.165, 1.54) is 11.8 Å². The summed E-state index contributed by atoms with van der Waals surface area (Å²) in [5.41, 5.74) is 4.68. The van der Waals surface area contributed by atoms with Gasteiger partial charge in [-0.3, -0.25) is 9.36 Å². The first kappa shape index (κ1) is 25.9. The molecule has 3 aromatic carbocycles. The van der Waals surface area contributed by atoms with Crippen LogP contribution in [0.5, 0.6) is 0 Å². The summed E-state index contributed by atoms with van der Waals surface area (Å²) >= 11 is 7.47. The number of aromatic nitrogens is 3. The Morgan fingerprint density at radius 3 is 2.53 bits per heavy atom. The predicted molar refractivity (Wildman–Crippen MR) is 147 cm³/mol. The molecule has 0 saturated carbocycles. The van der Waals surface area contributed by atoms with E-state index >= 15 is 0 Å². The molecule has 8 heteroatoms. The van der Waals surface area contributed by atoms with Gasteiger partial charge in [-0.2, -0.15) is 0 Å². The van der Waals surface area contributed by atoms with E-state index in [2.05, 4.69) is 15.5 Å². The molecule has 1 amide bonds. The molecule has 6 nitrogen and oxygen atoms in total. The minimum absolute atomic E-state index is 0.118. The van der Waals surface area contributed by atoms with Gasteiger partial charge in [-0.05, 0) is 67.8 Å². The van der Waals surface area contributed by atoms with Crippen molar-refractivity contribution in [3.8, 4) is 11.4 Å². The number of hydrogen-bond acceptors (Lipinski definition) is 5. The number of anilines is 1. The van der Waals surface area contributed by atoms with Crippen LogP contribution in [0.1, 0.15) is 28.9 Å². The highest BCUT2D eigenvalue weighted by Crippen LogP contribution is 2.37. The highest BCUT2D eigenvalue weighted by atomic mass is 35.5. The van der Waals surface area contributed by atoms with Gasteiger partial charge in [0.05, 0.1) is 13.2 Å². The van der Waals surface area contributed by atoms with Crippen molar-refractivity contribution >= 4 is 35.0 Å². The molecule has 0 aliphatic carbocycles. The summed E-state index contributed by atoms with van der Waals surface area (Å²) in [6.07, 6.45) is 0. The Morgan fingerprint density at radius 2 is 1.81 bits per heavy atom. The lowest BCUT2D eigenvalue weighted by Crippen LogP contribution is -2.20. The average Bonchev–Trinajstić information content (AvgIpc) is 3.28. The van der Waals surface area contributed by atoms with Crippen LogP contribution in [-0.2, 0) is 16.1 Å². The first-order valence-corrected chi connectivity index (χ1v) is 13.1. The Hall–Kier alpha value is -3.13. The Bertz CT molecular complexity index is 1310. The zero-order valence-corrected chi connectivity index (χ0v) is 22.1. The molecule has 1 N–H and O–H groups in total. The molecule has 1 aromatic heterocycles. The minimum atomic E-state index is -0.528. The number of amides is 1. The quantitative estimate of drug-likeness (QED) is 0.185. The molecule has 186 valence electrons. The Labute approximate surface area is 221 Å². The van der Waals surface area contributed by atoms with Crippen molar-refractivity contribution in [2.24, 2.45) is 0 Å². The maximum atomic E-state index is 13.6. The van der Waals surface area contributed by atoms with Crippen LogP contribution in [0.25, 0.3) is 11.4 Å². The third kappa shape index (κ3) is 6.35. The largest absolute Gasteiger partial charge is 0.380 e. The van der Waals surface area contributed by atoms with Crippen molar-refractivity contribution in [3.05, 3.63) is 94.5 Å². The number of ether oxygens (including phenoxy) is 1. The maximum absolute atomic E-state index is 13.6. The van der Waals surface area contributed by atoms with Crippen LogP contribution < -0.4 is 5.32 Å². The summed E-state index contributed by atoms with van der Waals surface area (Å²) in [6.45, 7) is 7.64. The second-order valence-electron chi connectivity index (χ2n) is 8.38. The number of rotatable bonds is 10. The fourth-order valence-electron chi connectivity index (χ4n) is 3.77. The second kappa shape index (κ2) is 12.2. The number of hydrogen-bond donors (Lipinski definition) is 1. The fourth-order valence-corrected chi connectivity index (χ4v) is 4.95. The molecule has 0 saturated heterocycles. The molecule has 0 bridgehead atoms. The van der Waals surface area contributed by atoms with E-state index in [9.17, 15) is 4.79 Å². The summed E-state index contributed by atoms with van der Waals surface area (Å²) in [5.74, 6) is 0.586. The van der Waals surface area contributed by atoms with Crippen LogP contribution in [0.3, 0.4) is 0 Å². The molecule has 0 radical (unpaired) electrons. The fraction of sp³-hybridized carbons (Fsp3) is 0.250. The topological polar surface area (TPSA) is 69.0 Å². The van der Waals surface area contributed by atoms with E-state index in [1.807, 2.05) is 98.1 Å². The number of carbonyl (C=O) groups excluding carboxylic acids is 1. The molecule has 36 heavy (non-hydrogen) atoms. The molecule has 0 spiro atoms. The standard InChI is InChI=1S/C28H29ClN4O2S/c1-4-35-17-16-33-26(22-12-14-23(29)15-13-22)31-32-28(33)36-25(21-8-6-5-7-9-21)27(34)30-24-18-19(2)10-11-20(24)3/h5-15,18,25H,4,16-17H2,1-3H3,(H,30,34)/t25-/m0/s1. The van der Waals surface area contributed by atoms with E-state index < -0.39 is 5.25 Å². The number of nitrogens with one attached hydrogen (secondary N) is 1. The normalized spacial score (nSPS) is 11.9. The van der Waals surface area contributed by atoms with Gasteiger partial charge in [0.2, 0.25) is 5.91 Å². The van der Waals surface area contributed by atoms with Crippen molar-refractivity contribution < 1.29 is 9.53 Å². The summed E-state index contributed by atoms with van der Waals surface area (Å²) in [4.78, 5) is 13.6. The molecule has 1 heterocycles. The van der Waals surface area contributed by atoms with Gasteiger partial charge in [-0.1, -0.05) is 65.8 Å². The molecular weight excluding hydrogens is 492 g/mol. The van der Waals surface area contributed by atoms with Gasteiger partial charge in [0.1, 0.15) is 5.25 Å². The number of benzene rings is 3. The Kier molecular flexibility index (Phi) is 8.80. The Balaban J connectivity index is 1.69. The number of aryl methyl sites for hydroxylation is 2. The highest BCUT2D eigenvalue weighted by Gasteiger charge is 2.26. The monoisotopic (exact) mass is 520 g/mol. The number of nitrogens with zero attached hydrogens (tertiary/aromatic N) is 3. The molecule has 4 rings (SSSR count). The first-order chi connectivity index (χ1) is 17.5. The molecule has 0 aliphatic heterocycles. The van der Waals surface area contributed by atoms with Crippen LogP contribution in [-0.4, -0.2) is 33.9 Å². The molecule has 0 unspecified atom stereocenters. The van der Waals surface area contributed by atoms with Gasteiger partial charge in [0.15, 0.2) is 11.0 Å². The van der Waals surface area contributed by atoms with Crippen molar-refractivity contribution in [2.75, 3.05) is 18.5 Å². The highest BCUT2D eigenvalue weighted by molar-refractivity contribution is 8.00. The van der Waals surface area contributed by atoms with Crippen molar-refractivity contribution in [2.45, 2.75) is 37.7 Å². The molecule has 0 fully saturated rings. The van der Waals surface area contributed by atoms with Crippen molar-refractivity contribution in [1.29, 1.82) is 0 Å². The first-order valence-electron chi connectivity index (χ1n) is 11.8. The minimum Gasteiger partial charge on any atom is -0.380 e. The molecular formula is C28H29ClN4O2S. The van der Waals surface area contributed by atoms with Crippen molar-refractivity contribution in [3.63, 3.8) is 0 Å². The van der Waals surface area contributed by atoms with Crippen LogP contribution in [0.15, 0.2) is 78.0 Å². The van der Waals surface area contributed by atoms with Gasteiger partial charge in [0, 0.05) is 22.9 Å². The van der Waals surface area contributed by atoms with Gasteiger partial charge >= 0.3 is 0 Å². The maximum Gasteiger partial charge on any atom is 0.242 e. The SMILES string of the molecule is CCOCCn1c(S[C@H](C(=O)Nc2cc(C)ccc2C)c2ccccc2)nnc1-c1ccc(Cl)cc1. The zero-order valence-electron chi connectivity index (χ0n) is 20.6. The second-order valence-corrected chi connectivity index (χ2v) is 9.89. The average molecular weight is 521 g/mol. The van der Waals surface area contributed by atoms with Crippen molar-refractivity contribution in [1.82, 2.24) is 14.8 Å². The van der Waals surface area contributed by atoms with Gasteiger partial charge in [0.25, 0.3) is 0 Å². The molecule has 4 aromatic rings. The lowest BCUT2D eigenvalue weighted by Gasteiger charge is -2.19. The summed E-state index contributed by atoms with van der Waals surface area (Å²) in [5, 5.41) is 12.9. The van der Waals surface area contributed by atoms with Gasteiger partial charge in [-0.25, -0.2) is 0 Å². The summed E-state index contributed by atoms with van der Waals surface area (Å²) in [6, 6.07) is 23.3. The van der Waals surface area contributed by atoms with E-state index in [0.29, 0.717) is 35.8 Å². The Morgan fingerprint density at radius 1 is 1.06 bits per heavy atom. The van der Waals surface area contributed by atoms with Crippen LogP contribution >= 0.6 is 23.4 Å². The third-order valence-corrected chi connectivity index (χ3v) is 7.18. The lowest BCUT2D eigenvalue weighted by molar-refractivity contribution is -0.115. The lowest BCUT2D eigenvalue weighted by atomic mass is 10.1. The van der Waals surface area contributed by atoms with E-state index in [-0.39, 0.29) is 5.91 Å². The van der Waals surface area contributed by atoms with Crippen LogP contribution in [0.2, 0.25) is 5.02 Å². The number of carbonyl (C=O) groups is 1. The van der Waals surface area contributed by atoms with Gasteiger partial charge < -0.3 is 10.1 Å².